The SMILES string of the molecule is COC(=O)c1cccc(S(=O)(=O)N[C@H](C)c2ccc(N3CCC[C@@H](C)C3)cc2)c1. The number of nitrogens with one attached hydrogen (secondary N) is 1. The van der Waals surface area contributed by atoms with Crippen LogP contribution in [0.2, 0.25) is 0 Å². The molecule has 0 saturated carbocycles. The molecule has 1 fully saturated rings. The van der Waals surface area contributed by atoms with Gasteiger partial charge in [0.2, 0.25) is 10.0 Å². The zero-order chi connectivity index (χ0) is 21.0. The van der Waals surface area contributed by atoms with Crippen LogP contribution < -0.4 is 9.62 Å². The van der Waals surface area contributed by atoms with Crippen LogP contribution in [-0.4, -0.2) is 34.6 Å². The van der Waals surface area contributed by atoms with Gasteiger partial charge in [-0.05, 0) is 61.6 Å². The number of nitrogens with zero attached hydrogens (tertiary/aromatic N) is 1. The highest BCUT2D eigenvalue weighted by Gasteiger charge is 2.21. The number of ether oxygens (including phenoxy) is 1. The second-order valence-corrected chi connectivity index (χ2v) is 9.36. The highest BCUT2D eigenvalue weighted by Crippen LogP contribution is 2.25. The fourth-order valence-electron chi connectivity index (χ4n) is 3.67. The van der Waals surface area contributed by atoms with Gasteiger partial charge in [-0.3, -0.25) is 0 Å². The van der Waals surface area contributed by atoms with Gasteiger partial charge in [0.25, 0.3) is 0 Å². The molecule has 2 aromatic rings. The van der Waals surface area contributed by atoms with Gasteiger partial charge in [0.1, 0.15) is 0 Å². The van der Waals surface area contributed by atoms with Crippen molar-refractivity contribution in [1.82, 2.24) is 4.72 Å². The van der Waals surface area contributed by atoms with Gasteiger partial charge in [0.15, 0.2) is 0 Å². The van der Waals surface area contributed by atoms with E-state index in [4.69, 9.17) is 0 Å². The lowest BCUT2D eigenvalue weighted by molar-refractivity contribution is 0.0600. The quantitative estimate of drug-likeness (QED) is 0.726. The average molecular weight is 417 g/mol. The van der Waals surface area contributed by atoms with E-state index in [0.717, 1.165) is 18.7 Å². The minimum Gasteiger partial charge on any atom is -0.465 e. The minimum absolute atomic E-state index is 0.0335. The Morgan fingerprint density at radius 3 is 2.59 bits per heavy atom. The van der Waals surface area contributed by atoms with Crippen LogP contribution in [0.3, 0.4) is 0 Å². The molecule has 0 unspecified atom stereocenters. The van der Waals surface area contributed by atoms with Crippen LogP contribution in [0.5, 0.6) is 0 Å². The number of carbonyl (C=O) groups is 1. The van der Waals surface area contributed by atoms with Crippen LogP contribution in [0.4, 0.5) is 5.69 Å². The minimum atomic E-state index is -3.78. The molecule has 7 heteroatoms. The maximum Gasteiger partial charge on any atom is 0.337 e. The molecule has 29 heavy (non-hydrogen) atoms. The molecule has 2 atom stereocenters. The van der Waals surface area contributed by atoms with Crippen molar-refractivity contribution < 1.29 is 17.9 Å². The number of piperidine rings is 1. The molecule has 0 aromatic heterocycles. The fraction of sp³-hybridized carbons (Fsp3) is 0.409. The van der Waals surface area contributed by atoms with Crippen molar-refractivity contribution >= 4 is 21.7 Å². The summed E-state index contributed by atoms with van der Waals surface area (Å²) in [7, 11) is -2.52. The molecular formula is C22H28N2O4S. The number of carbonyl (C=O) groups excluding carboxylic acids is 1. The molecule has 1 N–H and O–H groups in total. The van der Waals surface area contributed by atoms with E-state index in [9.17, 15) is 13.2 Å². The molecule has 1 aliphatic heterocycles. The smallest absolute Gasteiger partial charge is 0.337 e. The van der Waals surface area contributed by atoms with E-state index < -0.39 is 22.0 Å². The van der Waals surface area contributed by atoms with Gasteiger partial charge >= 0.3 is 5.97 Å². The lowest BCUT2D eigenvalue weighted by atomic mass is 9.99. The average Bonchev–Trinajstić information content (AvgIpc) is 2.73. The standard InChI is InChI=1S/C22H28N2O4S/c1-16-6-5-13-24(15-16)20-11-9-18(10-12-20)17(2)23-29(26,27)21-8-4-7-19(14-21)22(25)28-3/h4,7-12,14,16-17,23H,5-6,13,15H2,1-3H3/t16-,17-/m1/s1. The number of hydrogen-bond acceptors (Lipinski definition) is 5. The van der Waals surface area contributed by atoms with Crippen molar-refractivity contribution in [3.8, 4) is 0 Å². The van der Waals surface area contributed by atoms with Gasteiger partial charge in [0.05, 0.1) is 17.6 Å². The van der Waals surface area contributed by atoms with Crippen molar-refractivity contribution in [2.45, 2.75) is 37.6 Å². The molecule has 1 aliphatic rings. The first-order valence-electron chi connectivity index (χ1n) is 9.86. The zero-order valence-corrected chi connectivity index (χ0v) is 17.9. The molecule has 0 amide bonds. The first kappa shape index (κ1) is 21.3. The largest absolute Gasteiger partial charge is 0.465 e. The predicted molar refractivity (Wildman–Crippen MR) is 114 cm³/mol. The third-order valence-corrected chi connectivity index (χ3v) is 6.85. The Labute approximate surface area is 172 Å². The van der Waals surface area contributed by atoms with E-state index >= 15 is 0 Å². The highest BCUT2D eigenvalue weighted by atomic mass is 32.2. The van der Waals surface area contributed by atoms with Gasteiger partial charge in [-0.2, -0.15) is 0 Å². The summed E-state index contributed by atoms with van der Waals surface area (Å²) in [6.07, 6.45) is 2.47. The highest BCUT2D eigenvalue weighted by molar-refractivity contribution is 7.89. The monoisotopic (exact) mass is 416 g/mol. The van der Waals surface area contributed by atoms with Crippen LogP contribution in [0.1, 0.15) is 48.7 Å². The summed E-state index contributed by atoms with van der Waals surface area (Å²) in [4.78, 5) is 14.1. The summed E-state index contributed by atoms with van der Waals surface area (Å²) in [6, 6.07) is 13.5. The Morgan fingerprint density at radius 1 is 1.21 bits per heavy atom. The van der Waals surface area contributed by atoms with Gasteiger partial charge in [-0.15, -0.1) is 0 Å². The predicted octanol–water partition coefficient (Wildman–Crippen LogP) is 3.75. The molecule has 1 heterocycles. The zero-order valence-electron chi connectivity index (χ0n) is 17.1. The van der Waals surface area contributed by atoms with Crippen molar-refractivity contribution in [1.29, 1.82) is 0 Å². The van der Waals surface area contributed by atoms with E-state index in [0.29, 0.717) is 5.92 Å². The van der Waals surface area contributed by atoms with E-state index in [1.807, 2.05) is 12.1 Å². The Hall–Kier alpha value is -2.38. The molecule has 6 nitrogen and oxygen atoms in total. The number of sulfonamides is 1. The van der Waals surface area contributed by atoms with Crippen molar-refractivity contribution in [3.05, 3.63) is 59.7 Å². The number of methoxy groups -OCH3 is 1. The van der Waals surface area contributed by atoms with Crippen LogP contribution in [0.25, 0.3) is 0 Å². The summed E-state index contributed by atoms with van der Waals surface area (Å²) in [5.74, 6) is 0.118. The number of anilines is 1. The normalized spacial score (nSPS) is 18.3. The fourth-order valence-corrected chi connectivity index (χ4v) is 4.95. The van der Waals surface area contributed by atoms with E-state index in [1.165, 1.54) is 49.9 Å². The van der Waals surface area contributed by atoms with Crippen LogP contribution in [-0.2, 0) is 14.8 Å². The van der Waals surface area contributed by atoms with Gasteiger partial charge in [0, 0.05) is 24.8 Å². The maximum absolute atomic E-state index is 12.8. The van der Waals surface area contributed by atoms with Crippen LogP contribution in [0.15, 0.2) is 53.4 Å². The maximum atomic E-state index is 12.8. The van der Waals surface area contributed by atoms with E-state index in [-0.39, 0.29) is 10.5 Å². The molecule has 156 valence electrons. The number of esters is 1. The van der Waals surface area contributed by atoms with Crippen LogP contribution >= 0.6 is 0 Å². The second kappa shape index (κ2) is 8.97. The first-order valence-corrected chi connectivity index (χ1v) is 11.3. The Balaban J connectivity index is 1.72. The molecule has 1 saturated heterocycles. The molecule has 0 aliphatic carbocycles. The van der Waals surface area contributed by atoms with Gasteiger partial charge in [-0.1, -0.05) is 25.1 Å². The molecule has 0 bridgehead atoms. The van der Waals surface area contributed by atoms with Crippen molar-refractivity contribution in [3.63, 3.8) is 0 Å². The third kappa shape index (κ3) is 5.16. The Bertz CT molecular complexity index is 957. The van der Waals surface area contributed by atoms with Crippen molar-refractivity contribution in [2.24, 2.45) is 5.92 Å². The van der Waals surface area contributed by atoms with Crippen molar-refractivity contribution in [2.75, 3.05) is 25.1 Å². The third-order valence-electron chi connectivity index (χ3n) is 5.31. The van der Waals surface area contributed by atoms with Crippen LogP contribution in [0, 0.1) is 5.92 Å². The Kier molecular flexibility index (Phi) is 6.59. The van der Waals surface area contributed by atoms with Gasteiger partial charge in [-0.25, -0.2) is 17.9 Å². The number of benzene rings is 2. The molecule has 2 aromatic carbocycles. The molecular weight excluding hydrogens is 388 g/mol. The van der Waals surface area contributed by atoms with E-state index in [1.54, 1.807) is 6.92 Å². The summed E-state index contributed by atoms with van der Waals surface area (Å²) >= 11 is 0. The summed E-state index contributed by atoms with van der Waals surface area (Å²) in [5, 5.41) is 0. The topological polar surface area (TPSA) is 75.7 Å². The molecule has 0 spiro atoms. The summed E-state index contributed by atoms with van der Waals surface area (Å²) in [6.45, 7) is 6.19. The second-order valence-electron chi connectivity index (χ2n) is 7.65. The molecule has 3 rings (SSSR count). The van der Waals surface area contributed by atoms with E-state index in [2.05, 4.69) is 33.4 Å². The summed E-state index contributed by atoms with van der Waals surface area (Å²) in [5.41, 5.74) is 2.25. The molecule has 0 radical (unpaired) electrons. The lowest BCUT2D eigenvalue weighted by Crippen LogP contribution is -2.34. The Morgan fingerprint density at radius 2 is 1.93 bits per heavy atom. The lowest BCUT2D eigenvalue weighted by Gasteiger charge is -2.33. The van der Waals surface area contributed by atoms with Gasteiger partial charge < -0.3 is 9.64 Å². The number of hydrogen-bond donors (Lipinski definition) is 1. The number of rotatable bonds is 6. The summed E-state index contributed by atoms with van der Waals surface area (Å²) < 4.78 is 32.9. The first-order chi connectivity index (χ1) is 13.8.